The van der Waals surface area contributed by atoms with E-state index in [1.807, 2.05) is 0 Å². The normalized spacial score (nSPS) is 19.5. The summed E-state index contributed by atoms with van der Waals surface area (Å²) in [4.78, 5) is 16.1. The highest BCUT2D eigenvalue weighted by Gasteiger charge is 2.64. The van der Waals surface area contributed by atoms with E-state index in [9.17, 15) is 4.79 Å². The molecule has 2 rings (SSSR count). The number of aromatic nitrogens is 1. The molecule has 5 nitrogen and oxygen atoms in total. The van der Waals surface area contributed by atoms with Gasteiger partial charge in [0, 0.05) is 12.7 Å². The minimum Gasteiger partial charge on any atom is -0.352 e. The fraction of sp³-hybridized carbons (Fsp3) is 0.571. The molecule has 0 radical (unpaired) electrons. The monoisotopic (exact) mass is 296 g/mol. The molecule has 110 valence electrons. The first kappa shape index (κ1) is 15.1. The van der Waals surface area contributed by atoms with Crippen LogP contribution in [-0.2, 0) is 0 Å². The van der Waals surface area contributed by atoms with Crippen LogP contribution in [0.5, 0.6) is 0 Å². The standard InChI is InChI=1S/C14H21ClN4O/c1-13(2)10(14(13,3)4)7-18-12(20)8-5-9(15)11(19-16)17-6-8/h5-6,10H,7,16H2,1-4H3,(H,17,19)(H,18,20). The van der Waals surface area contributed by atoms with Crippen LogP contribution in [0, 0.1) is 16.7 Å². The van der Waals surface area contributed by atoms with Crippen LogP contribution in [0.3, 0.4) is 0 Å². The predicted octanol–water partition coefficient (Wildman–Crippen LogP) is 2.43. The SMILES string of the molecule is CC1(C)C(CNC(=O)c2cnc(NN)c(Cl)c2)C1(C)C. The number of nitrogens with two attached hydrogens (primary N) is 1. The molecule has 0 aromatic carbocycles. The topological polar surface area (TPSA) is 80.0 Å². The molecule has 0 spiro atoms. The number of amides is 1. The molecule has 0 unspecified atom stereocenters. The number of carbonyl (C=O) groups excluding carboxylic acids is 1. The lowest BCUT2D eigenvalue weighted by molar-refractivity contribution is 0.0949. The Morgan fingerprint density at radius 3 is 2.45 bits per heavy atom. The third-order valence-electron chi connectivity index (χ3n) is 5.03. The maximum atomic E-state index is 12.1. The summed E-state index contributed by atoms with van der Waals surface area (Å²) in [6, 6.07) is 1.56. The van der Waals surface area contributed by atoms with Crippen LogP contribution >= 0.6 is 11.6 Å². The quantitative estimate of drug-likeness (QED) is 0.589. The van der Waals surface area contributed by atoms with Crippen LogP contribution in [0.4, 0.5) is 5.82 Å². The van der Waals surface area contributed by atoms with Crippen molar-refractivity contribution in [3.63, 3.8) is 0 Å². The van der Waals surface area contributed by atoms with Gasteiger partial charge in [0.15, 0.2) is 5.82 Å². The highest BCUT2D eigenvalue weighted by Crippen LogP contribution is 2.67. The van der Waals surface area contributed by atoms with E-state index in [1.165, 1.54) is 6.20 Å². The van der Waals surface area contributed by atoms with Crippen molar-refractivity contribution >= 4 is 23.3 Å². The Hall–Kier alpha value is -1.33. The third kappa shape index (κ3) is 2.36. The molecule has 1 aromatic rings. The fourth-order valence-corrected chi connectivity index (χ4v) is 3.03. The van der Waals surface area contributed by atoms with Crippen LogP contribution in [0.1, 0.15) is 38.1 Å². The highest BCUT2D eigenvalue weighted by molar-refractivity contribution is 6.33. The van der Waals surface area contributed by atoms with Crippen molar-refractivity contribution in [1.29, 1.82) is 0 Å². The van der Waals surface area contributed by atoms with Gasteiger partial charge in [0.25, 0.3) is 5.91 Å². The number of hydrazine groups is 1. The second kappa shape index (κ2) is 4.90. The van der Waals surface area contributed by atoms with Crippen LogP contribution in [0.2, 0.25) is 5.02 Å². The zero-order chi connectivity index (χ0) is 15.1. The number of halogens is 1. The number of anilines is 1. The van der Waals surface area contributed by atoms with E-state index in [-0.39, 0.29) is 16.7 Å². The van der Waals surface area contributed by atoms with Crippen molar-refractivity contribution in [2.45, 2.75) is 27.7 Å². The molecule has 0 aliphatic heterocycles. The first-order chi connectivity index (χ1) is 9.21. The van der Waals surface area contributed by atoms with E-state index in [1.54, 1.807) is 6.07 Å². The minimum atomic E-state index is -0.165. The Morgan fingerprint density at radius 2 is 2.00 bits per heavy atom. The smallest absolute Gasteiger partial charge is 0.252 e. The van der Waals surface area contributed by atoms with Crippen molar-refractivity contribution < 1.29 is 4.79 Å². The zero-order valence-electron chi connectivity index (χ0n) is 12.2. The molecule has 1 heterocycles. The highest BCUT2D eigenvalue weighted by atomic mass is 35.5. The summed E-state index contributed by atoms with van der Waals surface area (Å²) in [6.07, 6.45) is 1.46. The zero-order valence-corrected chi connectivity index (χ0v) is 13.0. The summed E-state index contributed by atoms with van der Waals surface area (Å²) in [5.41, 5.74) is 3.31. The molecule has 6 heteroatoms. The summed E-state index contributed by atoms with van der Waals surface area (Å²) in [5.74, 6) is 5.91. The molecule has 0 atom stereocenters. The van der Waals surface area contributed by atoms with E-state index in [0.717, 1.165) is 0 Å². The van der Waals surface area contributed by atoms with Crippen LogP contribution in [-0.4, -0.2) is 17.4 Å². The average molecular weight is 297 g/mol. The molecule has 0 saturated heterocycles. The van der Waals surface area contributed by atoms with Gasteiger partial charge in [-0.15, -0.1) is 0 Å². The second-order valence-corrected chi connectivity index (χ2v) is 6.81. The van der Waals surface area contributed by atoms with Crippen molar-refractivity contribution in [1.82, 2.24) is 10.3 Å². The molecule has 1 amide bonds. The van der Waals surface area contributed by atoms with Gasteiger partial charge in [0.1, 0.15) is 0 Å². The second-order valence-electron chi connectivity index (χ2n) is 6.40. The maximum Gasteiger partial charge on any atom is 0.252 e. The Morgan fingerprint density at radius 1 is 1.40 bits per heavy atom. The van der Waals surface area contributed by atoms with Gasteiger partial charge in [0.05, 0.1) is 10.6 Å². The van der Waals surface area contributed by atoms with E-state index < -0.39 is 0 Å². The van der Waals surface area contributed by atoms with Crippen molar-refractivity contribution in [3.05, 3.63) is 22.8 Å². The van der Waals surface area contributed by atoms with Gasteiger partial charge >= 0.3 is 0 Å². The average Bonchev–Trinajstić information content (AvgIpc) is 2.76. The molecule has 1 aromatic heterocycles. The predicted molar refractivity (Wildman–Crippen MR) is 80.4 cm³/mol. The summed E-state index contributed by atoms with van der Waals surface area (Å²) in [5, 5.41) is 3.27. The molecular formula is C14H21ClN4O. The van der Waals surface area contributed by atoms with Crippen molar-refractivity contribution in [2.75, 3.05) is 12.0 Å². The van der Waals surface area contributed by atoms with Crippen LogP contribution in [0.15, 0.2) is 12.3 Å². The molecule has 20 heavy (non-hydrogen) atoms. The number of nitrogens with one attached hydrogen (secondary N) is 2. The lowest BCUT2D eigenvalue weighted by Gasteiger charge is -2.08. The Kier molecular flexibility index (Phi) is 3.69. The molecule has 4 N–H and O–H groups in total. The Labute approximate surface area is 124 Å². The van der Waals surface area contributed by atoms with E-state index in [0.29, 0.717) is 28.9 Å². The lowest BCUT2D eigenvalue weighted by atomic mass is 10.0. The van der Waals surface area contributed by atoms with Gasteiger partial charge in [-0.25, -0.2) is 10.8 Å². The number of nitrogen functional groups attached to an aromatic ring is 1. The van der Waals surface area contributed by atoms with E-state index in [2.05, 4.69) is 43.4 Å². The van der Waals surface area contributed by atoms with Gasteiger partial charge in [-0.1, -0.05) is 39.3 Å². The third-order valence-corrected chi connectivity index (χ3v) is 5.31. The summed E-state index contributed by atoms with van der Waals surface area (Å²) in [6.45, 7) is 9.56. The number of hydrogen-bond acceptors (Lipinski definition) is 4. The Balaban J connectivity index is 1.98. The fourth-order valence-electron chi connectivity index (χ4n) is 2.81. The Bertz CT molecular complexity index is 528. The molecule has 1 aliphatic carbocycles. The molecule has 1 fully saturated rings. The number of pyridine rings is 1. The lowest BCUT2D eigenvalue weighted by Crippen LogP contribution is -2.27. The van der Waals surface area contributed by atoms with E-state index >= 15 is 0 Å². The summed E-state index contributed by atoms with van der Waals surface area (Å²) < 4.78 is 0. The van der Waals surface area contributed by atoms with Crippen molar-refractivity contribution in [3.8, 4) is 0 Å². The van der Waals surface area contributed by atoms with Gasteiger partial charge in [-0.05, 0) is 22.8 Å². The largest absolute Gasteiger partial charge is 0.352 e. The molecule has 0 bridgehead atoms. The van der Waals surface area contributed by atoms with Crippen LogP contribution in [0.25, 0.3) is 0 Å². The maximum absolute atomic E-state index is 12.1. The summed E-state index contributed by atoms with van der Waals surface area (Å²) in [7, 11) is 0. The number of nitrogens with zero attached hydrogens (tertiary/aromatic N) is 1. The molecule has 1 saturated carbocycles. The van der Waals surface area contributed by atoms with Gasteiger partial charge in [-0.3, -0.25) is 4.79 Å². The van der Waals surface area contributed by atoms with Crippen molar-refractivity contribution in [2.24, 2.45) is 22.6 Å². The molecular weight excluding hydrogens is 276 g/mol. The van der Waals surface area contributed by atoms with Gasteiger partial charge in [0.2, 0.25) is 0 Å². The van der Waals surface area contributed by atoms with Gasteiger partial charge in [-0.2, -0.15) is 0 Å². The first-order valence-electron chi connectivity index (χ1n) is 6.62. The molecule has 1 aliphatic rings. The van der Waals surface area contributed by atoms with Gasteiger partial charge < -0.3 is 10.7 Å². The number of hydrogen-bond donors (Lipinski definition) is 3. The number of carbonyl (C=O) groups is 1. The first-order valence-corrected chi connectivity index (χ1v) is 7.00. The van der Waals surface area contributed by atoms with Crippen LogP contribution < -0.4 is 16.6 Å². The summed E-state index contributed by atoms with van der Waals surface area (Å²) >= 11 is 5.95. The number of rotatable bonds is 4. The van der Waals surface area contributed by atoms with E-state index in [4.69, 9.17) is 17.4 Å². The minimum absolute atomic E-state index is 0.165.